The first-order chi connectivity index (χ1) is 7.18. The smallest absolute Gasteiger partial charge is 0.131 e. The molecule has 0 N–H and O–H groups in total. The zero-order valence-corrected chi connectivity index (χ0v) is 8.92. The Labute approximate surface area is 92.5 Å². The van der Waals surface area contributed by atoms with Crippen LogP contribution in [0.25, 0.3) is 11.1 Å². The van der Waals surface area contributed by atoms with Crippen molar-refractivity contribution >= 4 is 11.6 Å². The summed E-state index contributed by atoms with van der Waals surface area (Å²) in [6.07, 6.45) is 1.59. The second-order valence-corrected chi connectivity index (χ2v) is 3.69. The van der Waals surface area contributed by atoms with Crippen molar-refractivity contribution in [2.45, 2.75) is 6.92 Å². The highest BCUT2D eigenvalue weighted by Crippen LogP contribution is 2.26. The highest BCUT2D eigenvalue weighted by atomic mass is 35.5. The monoisotopic (exact) mass is 221 g/mol. The zero-order chi connectivity index (χ0) is 10.8. The van der Waals surface area contributed by atoms with E-state index in [1.54, 1.807) is 30.5 Å². The number of aryl methyl sites for hydroxylation is 1. The highest BCUT2D eigenvalue weighted by molar-refractivity contribution is 6.29. The number of hydrogen-bond donors (Lipinski definition) is 0. The zero-order valence-electron chi connectivity index (χ0n) is 8.17. The number of benzene rings is 1. The van der Waals surface area contributed by atoms with Gasteiger partial charge in [0.1, 0.15) is 11.0 Å². The first-order valence-electron chi connectivity index (χ1n) is 4.55. The fourth-order valence-electron chi connectivity index (χ4n) is 1.48. The molecule has 1 aromatic carbocycles. The van der Waals surface area contributed by atoms with E-state index in [0.29, 0.717) is 10.7 Å². The van der Waals surface area contributed by atoms with Crippen molar-refractivity contribution in [1.82, 2.24) is 4.98 Å². The van der Waals surface area contributed by atoms with Crippen molar-refractivity contribution in [3.8, 4) is 11.1 Å². The van der Waals surface area contributed by atoms with E-state index in [1.165, 1.54) is 6.07 Å². The van der Waals surface area contributed by atoms with Crippen LogP contribution in [0.4, 0.5) is 4.39 Å². The summed E-state index contributed by atoms with van der Waals surface area (Å²) in [6.45, 7) is 1.88. The fourth-order valence-corrected chi connectivity index (χ4v) is 1.70. The molecule has 0 unspecified atom stereocenters. The Bertz CT molecular complexity index is 497. The van der Waals surface area contributed by atoms with Crippen LogP contribution in [-0.2, 0) is 0 Å². The molecule has 76 valence electrons. The van der Waals surface area contributed by atoms with E-state index in [2.05, 4.69) is 4.98 Å². The summed E-state index contributed by atoms with van der Waals surface area (Å²) in [5.74, 6) is -0.246. The number of halogens is 2. The number of aromatic nitrogens is 1. The van der Waals surface area contributed by atoms with Gasteiger partial charge < -0.3 is 0 Å². The molecule has 3 heteroatoms. The molecule has 2 rings (SSSR count). The van der Waals surface area contributed by atoms with E-state index in [0.717, 1.165) is 11.1 Å². The highest BCUT2D eigenvalue weighted by Gasteiger charge is 2.07. The van der Waals surface area contributed by atoms with E-state index < -0.39 is 0 Å². The molecule has 0 bridgehead atoms. The summed E-state index contributed by atoms with van der Waals surface area (Å²) in [7, 11) is 0. The van der Waals surface area contributed by atoms with Crippen LogP contribution >= 0.6 is 11.6 Å². The summed E-state index contributed by atoms with van der Waals surface area (Å²) in [4.78, 5) is 3.96. The number of pyridine rings is 1. The summed E-state index contributed by atoms with van der Waals surface area (Å²) in [6, 6.07) is 8.35. The Kier molecular flexibility index (Phi) is 2.69. The molecule has 1 nitrogen and oxygen atoms in total. The van der Waals surface area contributed by atoms with Crippen molar-refractivity contribution < 1.29 is 4.39 Å². The van der Waals surface area contributed by atoms with Crippen LogP contribution < -0.4 is 0 Å². The van der Waals surface area contributed by atoms with Gasteiger partial charge in [0.2, 0.25) is 0 Å². The fraction of sp³-hybridized carbons (Fsp3) is 0.0833. The molecule has 0 amide bonds. The number of hydrogen-bond acceptors (Lipinski definition) is 1. The van der Waals surface area contributed by atoms with Crippen LogP contribution in [0.2, 0.25) is 5.15 Å². The topological polar surface area (TPSA) is 12.9 Å². The maximum absolute atomic E-state index is 13.5. The van der Waals surface area contributed by atoms with Crippen molar-refractivity contribution in [1.29, 1.82) is 0 Å². The van der Waals surface area contributed by atoms with E-state index in [1.807, 2.05) is 6.92 Å². The third-order valence-electron chi connectivity index (χ3n) is 2.24. The van der Waals surface area contributed by atoms with Gasteiger partial charge >= 0.3 is 0 Å². The van der Waals surface area contributed by atoms with Gasteiger partial charge in [0.05, 0.1) is 0 Å². The summed E-state index contributed by atoms with van der Waals surface area (Å²) < 4.78 is 13.5. The molecule has 0 fully saturated rings. The van der Waals surface area contributed by atoms with E-state index in [4.69, 9.17) is 11.6 Å². The van der Waals surface area contributed by atoms with Gasteiger partial charge in [0.15, 0.2) is 0 Å². The molecule has 0 aliphatic heterocycles. The lowest BCUT2D eigenvalue weighted by molar-refractivity contribution is 0.631. The van der Waals surface area contributed by atoms with Crippen LogP contribution in [0.15, 0.2) is 36.5 Å². The Balaban J connectivity index is 2.60. The molecule has 0 saturated heterocycles. The quantitative estimate of drug-likeness (QED) is 0.667. The van der Waals surface area contributed by atoms with Gasteiger partial charge in [-0.3, -0.25) is 0 Å². The Morgan fingerprint density at radius 2 is 1.93 bits per heavy atom. The van der Waals surface area contributed by atoms with Gasteiger partial charge in [0.25, 0.3) is 0 Å². The lowest BCUT2D eigenvalue weighted by Crippen LogP contribution is -1.89. The third-order valence-corrected chi connectivity index (χ3v) is 2.45. The van der Waals surface area contributed by atoms with Crippen LogP contribution in [0.5, 0.6) is 0 Å². The first kappa shape index (κ1) is 10.1. The Morgan fingerprint density at radius 1 is 1.20 bits per heavy atom. The molecular weight excluding hydrogens is 213 g/mol. The molecule has 0 aliphatic rings. The van der Waals surface area contributed by atoms with Gasteiger partial charge in [-0.15, -0.1) is 0 Å². The third kappa shape index (κ3) is 2.00. The molecule has 0 aliphatic carbocycles. The average molecular weight is 222 g/mol. The van der Waals surface area contributed by atoms with Gasteiger partial charge in [-0.05, 0) is 24.6 Å². The van der Waals surface area contributed by atoms with Crippen LogP contribution in [-0.4, -0.2) is 4.98 Å². The maximum atomic E-state index is 13.5. The molecular formula is C12H9ClFN. The van der Waals surface area contributed by atoms with Crippen LogP contribution in [0.1, 0.15) is 5.56 Å². The van der Waals surface area contributed by atoms with Crippen LogP contribution in [0.3, 0.4) is 0 Å². The van der Waals surface area contributed by atoms with Crippen LogP contribution in [0, 0.1) is 12.7 Å². The molecule has 0 radical (unpaired) electrons. The minimum absolute atomic E-state index is 0.246. The first-order valence-corrected chi connectivity index (χ1v) is 4.93. The molecule has 15 heavy (non-hydrogen) atoms. The lowest BCUT2D eigenvalue weighted by Gasteiger charge is -2.06. The second kappa shape index (κ2) is 3.99. The summed E-state index contributed by atoms with van der Waals surface area (Å²) in [5.41, 5.74) is 2.25. The van der Waals surface area contributed by atoms with E-state index >= 15 is 0 Å². The number of nitrogens with zero attached hydrogens (tertiary/aromatic N) is 1. The van der Waals surface area contributed by atoms with Crippen molar-refractivity contribution in [2.24, 2.45) is 0 Å². The normalized spacial score (nSPS) is 10.3. The Hall–Kier alpha value is -1.41. The minimum atomic E-state index is -0.246. The van der Waals surface area contributed by atoms with Gasteiger partial charge in [0, 0.05) is 17.3 Å². The summed E-state index contributed by atoms with van der Waals surface area (Å²) in [5, 5.41) is 0.424. The average Bonchev–Trinajstić information content (AvgIpc) is 2.20. The minimum Gasteiger partial charge on any atom is -0.244 e. The maximum Gasteiger partial charge on any atom is 0.131 e. The van der Waals surface area contributed by atoms with Gasteiger partial charge in [-0.1, -0.05) is 29.8 Å². The van der Waals surface area contributed by atoms with Crippen molar-refractivity contribution in [3.63, 3.8) is 0 Å². The number of rotatable bonds is 1. The largest absolute Gasteiger partial charge is 0.244 e. The SMILES string of the molecule is Cc1cc(Cl)ncc1-c1ccccc1F. The van der Waals surface area contributed by atoms with Gasteiger partial charge in [-0.2, -0.15) is 0 Å². The predicted molar refractivity (Wildman–Crippen MR) is 59.4 cm³/mol. The molecule has 1 heterocycles. The predicted octanol–water partition coefficient (Wildman–Crippen LogP) is 3.85. The molecule has 1 aromatic heterocycles. The Morgan fingerprint density at radius 3 is 2.60 bits per heavy atom. The molecule has 2 aromatic rings. The molecule has 0 saturated carbocycles. The van der Waals surface area contributed by atoms with E-state index in [-0.39, 0.29) is 5.82 Å². The molecule has 0 spiro atoms. The second-order valence-electron chi connectivity index (χ2n) is 3.30. The lowest BCUT2D eigenvalue weighted by atomic mass is 10.0. The van der Waals surface area contributed by atoms with Crippen molar-refractivity contribution in [3.05, 3.63) is 53.1 Å². The van der Waals surface area contributed by atoms with Crippen molar-refractivity contribution in [2.75, 3.05) is 0 Å². The van der Waals surface area contributed by atoms with E-state index in [9.17, 15) is 4.39 Å². The molecule has 0 atom stereocenters. The van der Waals surface area contributed by atoms with Gasteiger partial charge in [-0.25, -0.2) is 9.37 Å². The summed E-state index contributed by atoms with van der Waals surface area (Å²) >= 11 is 5.74. The standard InChI is InChI=1S/C12H9ClFN/c1-8-6-12(13)15-7-10(8)9-4-2-3-5-11(9)14/h2-7H,1H3.